The molecule has 0 aliphatic heterocycles. The minimum Gasteiger partial charge on any atom is -0.368 e. The lowest BCUT2D eigenvalue weighted by atomic mass is 10.2. The monoisotopic (exact) mass is 376 g/mol. The molecule has 1 aromatic carbocycles. The fourth-order valence-electron chi connectivity index (χ4n) is 2.02. The summed E-state index contributed by atoms with van der Waals surface area (Å²) in [5.41, 5.74) is 2.18. The van der Waals surface area contributed by atoms with Gasteiger partial charge in [0.25, 0.3) is 5.91 Å². The van der Waals surface area contributed by atoms with E-state index < -0.39 is 0 Å². The standard InChI is InChI=1S/C17H21BrN4O/c1-5-11(3)19-16-9-15(20-12(4)21-16)17(23)22-14-7-6-10(2)8-13(14)18/h6-9,11H,5H2,1-4H3,(H,22,23)(H,19,20,21). The normalized spacial score (nSPS) is 11.9. The molecule has 0 radical (unpaired) electrons. The highest BCUT2D eigenvalue weighted by Gasteiger charge is 2.13. The molecule has 5 nitrogen and oxygen atoms in total. The van der Waals surface area contributed by atoms with Crippen molar-refractivity contribution >= 4 is 33.3 Å². The Bertz CT molecular complexity index is 718. The van der Waals surface area contributed by atoms with Crippen molar-refractivity contribution in [2.75, 3.05) is 10.6 Å². The summed E-state index contributed by atoms with van der Waals surface area (Å²) in [7, 11) is 0. The summed E-state index contributed by atoms with van der Waals surface area (Å²) in [5.74, 6) is 0.971. The highest BCUT2D eigenvalue weighted by molar-refractivity contribution is 9.10. The van der Waals surface area contributed by atoms with Crippen molar-refractivity contribution in [3.05, 3.63) is 45.8 Å². The van der Waals surface area contributed by atoms with E-state index in [1.54, 1.807) is 13.0 Å². The van der Waals surface area contributed by atoms with E-state index in [0.717, 1.165) is 16.5 Å². The van der Waals surface area contributed by atoms with Gasteiger partial charge in [0.15, 0.2) is 0 Å². The maximum absolute atomic E-state index is 12.5. The Morgan fingerprint density at radius 2 is 2.00 bits per heavy atom. The van der Waals surface area contributed by atoms with Gasteiger partial charge in [0.1, 0.15) is 17.3 Å². The summed E-state index contributed by atoms with van der Waals surface area (Å²) < 4.78 is 0.842. The summed E-state index contributed by atoms with van der Waals surface area (Å²) in [5, 5.41) is 6.14. The first kappa shape index (κ1) is 17.4. The molecule has 23 heavy (non-hydrogen) atoms. The van der Waals surface area contributed by atoms with Gasteiger partial charge in [0.05, 0.1) is 5.69 Å². The first-order valence-corrected chi connectivity index (χ1v) is 8.38. The van der Waals surface area contributed by atoms with Gasteiger partial charge in [0, 0.05) is 16.6 Å². The van der Waals surface area contributed by atoms with E-state index in [4.69, 9.17) is 0 Å². The molecule has 0 saturated carbocycles. The number of amides is 1. The molecule has 0 bridgehead atoms. The van der Waals surface area contributed by atoms with Crippen molar-refractivity contribution in [3.8, 4) is 0 Å². The molecule has 122 valence electrons. The molecule has 1 unspecified atom stereocenters. The molecule has 1 heterocycles. The fourth-order valence-corrected chi connectivity index (χ4v) is 2.61. The van der Waals surface area contributed by atoms with Crippen molar-refractivity contribution in [1.29, 1.82) is 0 Å². The van der Waals surface area contributed by atoms with Crippen molar-refractivity contribution in [2.24, 2.45) is 0 Å². The van der Waals surface area contributed by atoms with E-state index in [0.29, 0.717) is 23.0 Å². The Kier molecular flexibility index (Phi) is 5.71. The van der Waals surface area contributed by atoms with Crippen molar-refractivity contribution in [1.82, 2.24) is 9.97 Å². The van der Waals surface area contributed by atoms with E-state index in [2.05, 4.69) is 50.4 Å². The number of aryl methyl sites for hydroxylation is 2. The van der Waals surface area contributed by atoms with Crippen LogP contribution in [-0.2, 0) is 0 Å². The summed E-state index contributed by atoms with van der Waals surface area (Å²) in [4.78, 5) is 21.0. The Hall–Kier alpha value is -1.95. The van der Waals surface area contributed by atoms with Crippen LogP contribution in [0.15, 0.2) is 28.7 Å². The first-order chi connectivity index (χ1) is 10.9. The number of benzene rings is 1. The van der Waals surface area contributed by atoms with Crippen LogP contribution in [0, 0.1) is 13.8 Å². The van der Waals surface area contributed by atoms with Gasteiger partial charge < -0.3 is 10.6 Å². The molecule has 0 saturated heterocycles. The third kappa shape index (κ3) is 4.76. The van der Waals surface area contributed by atoms with Crippen LogP contribution in [0.2, 0.25) is 0 Å². The molecule has 2 aromatic rings. The van der Waals surface area contributed by atoms with Crippen LogP contribution >= 0.6 is 15.9 Å². The van der Waals surface area contributed by atoms with Crippen molar-refractivity contribution < 1.29 is 4.79 Å². The van der Waals surface area contributed by atoms with Gasteiger partial charge in [-0.05, 0) is 60.8 Å². The zero-order valence-electron chi connectivity index (χ0n) is 13.8. The minimum absolute atomic E-state index is 0.257. The van der Waals surface area contributed by atoms with Crippen molar-refractivity contribution in [2.45, 2.75) is 40.2 Å². The Morgan fingerprint density at radius 1 is 1.26 bits per heavy atom. The second kappa shape index (κ2) is 7.55. The van der Waals surface area contributed by atoms with Gasteiger partial charge in [-0.25, -0.2) is 9.97 Å². The van der Waals surface area contributed by atoms with Gasteiger partial charge in [-0.15, -0.1) is 0 Å². The molecular formula is C17H21BrN4O. The van der Waals surface area contributed by atoms with Crippen LogP contribution in [0.1, 0.15) is 42.1 Å². The van der Waals surface area contributed by atoms with Gasteiger partial charge in [-0.2, -0.15) is 0 Å². The number of carbonyl (C=O) groups excluding carboxylic acids is 1. The number of anilines is 2. The highest BCUT2D eigenvalue weighted by atomic mass is 79.9. The van der Waals surface area contributed by atoms with Crippen LogP contribution in [0.3, 0.4) is 0 Å². The predicted molar refractivity (Wildman–Crippen MR) is 97.0 cm³/mol. The number of rotatable bonds is 5. The molecule has 2 rings (SSSR count). The maximum Gasteiger partial charge on any atom is 0.274 e. The number of hydrogen-bond donors (Lipinski definition) is 2. The van der Waals surface area contributed by atoms with Gasteiger partial charge in [0.2, 0.25) is 0 Å². The second-order valence-electron chi connectivity index (χ2n) is 5.58. The molecule has 1 amide bonds. The van der Waals surface area contributed by atoms with E-state index >= 15 is 0 Å². The van der Waals surface area contributed by atoms with Gasteiger partial charge in [-0.3, -0.25) is 4.79 Å². The molecule has 0 spiro atoms. The zero-order chi connectivity index (χ0) is 17.0. The molecular weight excluding hydrogens is 356 g/mol. The van der Waals surface area contributed by atoms with Crippen LogP contribution in [0.25, 0.3) is 0 Å². The Labute approximate surface area is 145 Å². The fraction of sp³-hybridized carbons (Fsp3) is 0.353. The smallest absolute Gasteiger partial charge is 0.274 e. The molecule has 1 atom stereocenters. The summed E-state index contributed by atoms with van der Waals surface area (Å²) in [6, 6.07) is 7.73. The van der Waals surface area contributed by atoms with E-state index in [9.17, 15) is 4.79 Å². The SMILES string of the molecule is CCC(C)Nc1cc(C(=O)Nc2ccc(C)cc2Br)nc(C)n1. The average Bonchev–Trinajstić information content (AvgIpc) is 2.49. The lowest BCUT2D eigenvalue weighted by Gasteiger charge is -2.13. The highest BCUT2D eigenvalue weighted by Crippen LogP contribution is 2.24. The summed E-state index contributed by atoms with van der Waals surface area (Å²) in [6.45, 7) is 7.94. The number of nitrogens with zero attached hydrogens (tertiary/aromatic N) is 2. The van der Waals surface area contributed by atoms with Crippen molar-refractivity contribution in [3.63, 3.8) is 0 Å². The average molecular weight is 377 g/mol. The van der Waals surface area contributed by atoms with Crippen LogP contribution in [0.4, 0.5) is 11.5 Å². The Morgan fingerprint density at radius 3 is 2.65 bits per heavy atom. The third-order valence-corrected chi connectivity index (χ3v) is 4.11. The Balaban J connectivity index is 2.21. The molecule has 6 heteroatoms. The molecule has 0 aliphatic rings. The van der Waals surface area contributed by atoms with Crippen LogP contribution in [0.5, 0.6) is 0 Å². The number of hydrogen-bond acceptors (Lipinski definition) is 4. The van der Waals surface area contributed by atoms with E-state index in [-0.39, 0.29) is 11.9 Å². The second-order valence-corrected chi connectivity index (χ2v) is 6.43. The zero-order valence-corrected chi connectivity index (χ0v) is 15.4. The summed E-state index contributed by atoms with van der Waals surface area (Å²) in [6.07, 6.45) is 0.973. The van der Waals surface area contributed by atoms with E-state index in [1.165, 1.54) is 0 Å². The van der Waals surface area contributed by atoms with Gasteiger partial charge >= 0.3 is 0 Å². The maximum atomic E-state index is 12.5. The minimum atomic E-state index is -0.257. The predicted octanol–water partition coefficient (Wildman–Crippen LogP) is 4.32. The van der Waals surface area contributed by atoms with Gasteiger partial charge in [-0.1, -0.05) is 13.0 Å². The van der Waals surface area contributed by atoms with Crippen LogP contribution in [-0.4, -0.2) is 21.9 Å². The number of nitrogens with one attached hydrogen (secondary N) is 2. The summed E-state index contributed by atoms with van der Waals surface area (Å²) >= 11 is 3.46. The topological polar surface area (TPSA) is 66.9 Å². The molecule has 0 fully saturated rings. The lowest BCUT2D eigenvalue weighted by molar-refractivity contribution is 0.102. The largest absolute Gasteiger partial charge is 0.368 e. The quantitative estimate of drug-likeness (QED) is 0.815. The number of carbonyl (C=O) groups is 1. The van der Waals surface area contributed by atoms with E-state index in [1.807, 2.05) is 25.1 Å². The number of halogens is 1. The van der Waals surface area contributed by atoms with Crippen LogP contribution < -0.4 is 10.6 Å². The third-order valence-electron chi connectivity index (χ3n) is 3.45. The number of aromatic nitrogens is 2. The molecule has 2 N–H and O–H groups in total. The molecule has 1 aromatic heterocycles. The lowest BCUT2D eigenvalue weighted by Crippen LogP contribution is -2.19. The molecule has 0 aliphatic carbocycles. The first-order valence-electron chi connectivity index (χ1n) is 7.58.